The molecule has 2 aromatic rings. The Morgan fingerprint density at radius 3 is 2.83 bits per heavy atom. The van der Waals surface area contributed by atoms with Crippen LogP contribution in [0, 0.1) is 0 Å². The van der Waals surface area contributed by atoms with E-state index in [1.165, 1.54) is 17.7 Å². The lowest BCUT2D eigenvalue weighted by Crippen LogP contribution is -2.51. The van der Waals surface area contributed by atoms with Crippen LogP contribution in [0.5, 0.6) is 0 Å². The SMILES string of the molecule is CCNC(=NCC(C)N(C)Cc1ccccc1)NC1CCCN(c2cnn(C)c2)C1. The van der Waals surface area contributed by atoms with Crippen LogP contribution in [0.4, 0.5) is 5.69 Å². The van der Waals surface area contributed by atoms with Crippen LogP contribution >= 0.6 is 0 Å². The van der Waals surface area contributed by atoms with Crippen LogP contribution in [0.2, 0.25) is 0 Å². The molecule has 30 heavy (non-hydrogen) atoms. The molecule has 2 N–H and O–H groups in total. The van der Waals surface area contributed by atoms with Crippen molar-refractivity contribution in [2.45, 2.75) is 45.3 Å². The van der Waals surface area contributed by atoms with Crippen molar-refractivity contribution < 1.29 is 0 Å². The summed E-state index contributed by atoms with van der Waals surface area (Å²) in [6.45, 7) is 8.96. The summed E-state index contributed by atoms with van der Waals surface area (Å²) in [5.41, 5.74) is 2.53. The maximum Gasteiger partial charge on any atom is 0.191 e. The van der Waals surface area contributed by atoms with Gasteiger partial charge in [-0.15, -0.1) is 0 Å². The molecule has 0 bridgehead atoms. The zero-order valence-corrected chi connectivity index (χ0v) is 18.9. The van der Waals surface area contributed by atoms with Gasteiger partial charge < -0.3 is 15.5 Å². The molecule has 0 spiro atoms. The van der Waals surface area contributed by atoms with E-state index in [2.05, 4.69) is 83.0 Å². The molecule has 0 aliphatic carbocycles. The highest BCUT2D eigenvalue weighted by molar-refractivity contribution is 5.80. The molecule has 1 aromatic carbocycles. The first-order chi connectivity index (χ1) is 14.5. The largest absolute Gasteiger partial charge is 0.367 e. The molecular weight excluding hydrogens is 374 g/mol. The lowest BCUT2D eigenvalue weighted by Gasteiger charge is -2.34. The Kier molecular flexibility index (Phi) is 8.13. The van der Waals surface area contributed by atoms with E-state index in [1.54, 1.807) is 0 Å². The molecule has 1 aliphatic heterocycles. The van der Waals surface area contributed by atoms with Crippen molar-refractivity contribution in [2.24, 2.45) is 12.0 Å². The summed E-state index contributed by atoms with van der Waals surface area (Å²) in [5, 5.41) is 11.4. The minimum atomic E-state index is 0.360. The fraction of sp³-hybridized carbons (Fsp3) is 0.565. The van der Waals surface area contributed by atoms with Gasteiger partial charge >= 0.3 is 0 Å². The summed E-state index contributed by atoms with van der Waals surface area (Å²) in [4.78, 5) is 9.65. The number of aryl methyl sites for hydroxylation is 1. The van der Waals surface area contributed by atoms with Crippen LogP contribution in [-0.4, -0.2) is 66.0 Å². The van der Waals surface area contributed by atoms with E-state index in [9.17, 15) is 0 Å². The maximum atomic E-state index is 4.89. The van der Waals surface area contributed by atoms with Crippen LogP contribution in [0.15, 0.2) is 47.7 Å². The maximum absolute atomic E-state index is 4.89. The zero-order valence-electron chi connectivity index (χ0n) is 18.9. The Balaban J connectivity index is 1.54. The summed E-state index contributed by atoms with van der Waals surface area (Å²) in [7, 11) is 4.13. The number of hydrogen-bond donors (Lipinski definition) is 2. The van der Waals surface area contributed by atoms with Crippen LogP contribution in [0.1, 0.15) is 32.3 Å². The van der Waals surface area contributed by atoms with Crippen LogP contribution in [0.25, 0.3) is 0 Å². The van der Waals surface area contributed by atoms with Crippen molar-refractivity contribution in [3.05, 3.63) is 48.3 Å². The van der Waals surface area contributed by atoms with Gasteiger partial charge in [-0.3, -0.25) is 14.6 Å². The topological polar surface area (TPSA) is 60.7 Å². The number of rotatable bonds is 8. The normalized spacial score (nSPS) is 18.5. The average molecular weight is 412 g/mol. The molecule has 1 fully saturated rings. The second-order valence-corrected chi connectivity index (χ2v) is 8.27. The second kappa shape index (κ2) is 11.0. The average Bonchev–Trinajstić information content (AvgIpc) is 3.19. The monoisotopic (exact) mass is 411 g/mol. The molecule has 164 valence electrons. The molecule has 1 saturated heterocycles. The van der Waals surface area contributed by atoms with Gasteiger partial charge in [-0.25, -0.2) is 0 Å². The van der Waals surface area contributed by atoms with Gasteiger partial charge in [-0.2, -0.15) is 5.10 Å². The molecule has 0 saturated carbocycles. The van der Waals surface area contributed by atoms with Crippen molar-refractivity contribution in [1.29, 1.82) is 0 Å². The lowest BCUT2D eigenvalue weighted by molar-refractivity contribution is 0.255. The molecule has 1 aliphatic rings. The molecule has 0 radical (unpaired) electrons. The van der Waals surface area contributed by atoms with Gasteiger partial charge in [0.25, 0.3) is 0 Å². The minimum absolute atomic E-state index is 0.360. The number of aromatic nitrogens is 2. The van der Waals surface area contributed by atoms with Crippen molar-refractivity contribution in [3.63, 3.8) is 0 Å². The molecule has 3 rings (SSSR count). The van der Waals surface area contributed by atoms with Gasteiger partial charge in [0.05, 0.1) is 18.4 Å². The Bertz CT molecular complexity index is 786. The van der Waals surface area contributed by atoms with Crippen LogP contribution < -0.4 is 15.5 Å². The zero-order chi connectivity index (χ0) is 21.3. The fourth-order valence-corrected chi connectivity index (χ4v) is 3.80. The molecule has 7 heteroatoms. The number of hydrogen-bond acceptors (Lipinski definition) is 4. The molecule has 2 atom stereocenters. The first-order valence-electron chi connectivity index (χ1n) is 11.1. The van der Waals surface area contributed by atoms with E-state index in [1.807, 2.05) is 17.9 Å². The molecular formula is C23H37N7. The van der Waals surface area contributed by atoms with Gasteiger partial charge in [0, 0.05) is 51.5 Å². The molecule has 2 heterocycles. The van der Waals surface area contributed by atoms with Gasteiger partial charge in [0.1, 0.15) is 0 Å². The Labute approximate surface area is 181 Å². The Morgan fingerprint density at radius 1 is 1.33 bits per heavy atom. The minimum Gasteiger partial charge on any atom is -0.367 e. The molecule has 1 aromatic heterocycles. The number of likely N-dealkylation sites (N-methyl/N-ethyl adjacent to an activating group) is 1. The van der Waals surface area contributed by atoms with Gasteiger partial charge in [0.15, 0.2) is 5.96 Å². The molecule has 2 unspecified atom stereocenters. The van der Waals surface area contributed by atoms with Crippen molar-refractivity contribution in [1.82, 2.24) is 25.3 Å². The van der Waals surface area contributed by atoms with E-state index in [4.69, 9.17) is 4.99 Å². The Hall–Kier alpha value is -2.54. The van der Waals surface area contributed by atoms with Crippen molar-refractivity contribution >= 4 is 11.6 Å². The third-order valence-electron chi connectivity index (χ3n) is 5.70. The van der Waals surface area contributed by atoms with Gasteiger partial charge in [-0.1, -0.05) is 30.3 Å². The van der Waals surface area contributed by atoms with Crippen molar-refractivity contribution in [2.75, 3.05) is 38.1 Å². The number of benzene rings is 1. The standard InChI is InChI=1S/C23H37N7/c1-5-24-23(25-14-19(2)28(3)16-20-10-7-6-8-11-20)27-21-12-9-13-30(17-21)22-15-26-29(4)18-22/h6-8,10-11,15,18-19,21H,5,9,12-14,16-17H2,1-4H3,(H2,24,25,27). The predicted octanol–water partition coefficient (Wildman–Crippen LogP) is 2.46. The molecule has 7 nitrogen and oxygen atoms in total. The van der Waals surface area contributed by atoms with E-state index in [-0.39, 0.29) is 0 Å². The summed E-state index contributed by atoms with van der Waals surface area (Å²) in [5.74, 6) is 0.912. The summed E-state index contributed by atoms with van der Waals surface area (Å²) in [6, 6.07) is 11.3. The summed E-state index contributed by atoms with van der Waals surface area (Å²) in [6.07, 6.45) is 6.37. The molecule has 0 amide bonds. The lowest BCUT2D eigenvalue weighted by atomic mass is 10.1. The van der Waals surface area contributed by atoms with E-state index >= 15 is 0 Å². The first-order valence-corrected chi connectivity index (χ1v) is 11.1. The van der Waals surface area contributed by atoms with Crippen LogP contribution in [-0.2, 0) is 13.6 Å². The Morgan fingerprint density at radius 2 is 2.13 bits per heavy atom. The van der Waals surface area contributed by atoms with Gasteiger partial charge in [-0.05, 0) is 39.3 Å². The number of nitrogens with one attached hydrogen (secondary N) is 2. The highest BCUT2D eigenvalue weighted by Gasteiger charge is 2.22. The summed E-state index contributed by atoms with van der Waals surface area (Å²) < 4.78 is 1.87. The number of guanidine groups is 1. The number of anilines is 1. The number of nitrogens with zero attached hydrogens (tertiary/aromatic N) is 5. The highest BCUT2D eigenvalue weighted by Crippen LogP contribution is 2.19. The predicted molar refractivity (Wildman–Crippen MR) is 125 cm³/mol. The number of piperidine rings is 1. The van der Waals surface area contributed by atoms with Crippen LogP contribution in [0.3, 0.4) is 0 Å². The van der Waals surface area contributed by atoms with E-state index in [0.29, 0.717) is 12.1 Å². The number of aliphatic imine (C=N–C) groups is 1. The van der Waals surface area contributed by atoms with E-state index in [0.717, 1.165) is 45.1 Å². The third-order valence-corrected chi connectivity index (χ3v) is 5.70. The quantitative estimate of drug-likeness (QED) is 0.516. The van der Waals surface area contributed by atoms with E-state index < -0.39 is 0 Å². The smallest absolute Gasteiger partial charge is 0.191 e. The highest BCUT2D eigenvalue weighted by atomic mass is 15.3. The second-order valence-electron chi connectivity index (χ2n) is 8.27. The van der Waals surface area contributed by atoms with Gasteiger partial charge in [0.2, 0.25) is 0 Å². The third kappa shape index (κ3) is 6.49. The fourth-order valence-electron chi connectivity index (χ4n) is 3.80. The van der Waals surface area contributed by atoms with Crippen molar-refractivity contribution in [3.8, 4) is 0 Å². The summed E-state index contributed by atoms with van der Waals surface area (Å²) >= 11 is 0. The first kappa shape index (κ1) is 22.2.